The van der Waals surface area contributed by atoms with E-state index in [2.05, 4.69) is 15.4 Å². The van der Waals surface area contributed by atoms with E-state index in [-0.39, 0.29) is 12.2 Å². The summed E-state index contributed by atoms with van der Waals surface area (Å²) in [7, 11) is 1.17. The Morgan fingerprint density at radius 2 is 2.10 bits per heavy atom. The molecule has 0 aliphatic carbocycles. The Morgan fingerprint density at radius 1 is 1.38 bits per heavy atom. The second-order valence-electron chi connectivity index (χ2n) is 4.57. The third-order valence-corrected chi connectivity index (χ3v) is 2.78. The predicted molar refractivity (Wildman–Crippen MR) is 69.5 cm³/mol. The minimum atomic E-state index is -4.51. The number of anilines is 1. The molecule has 0 atom stereocenters. The van der Waals surface area contributed by atoms with Gasteiger partial charge in [0, 0.05) is 25.0 Å². The monoisotopic (exact) mass is 298 g/mol. The number of carbonyl (C=O) groups is 1. The second kappa shape index (κ2) is 5.55. The van der Waals surface area contributed by atoms with Crippen LogP contribution in [0.2, 0.25) is 0 Å². The van der Waals surface area contributed by atoms with Gasteiger partial charge in [-0.3, -0.25) is 14.5 Å². The molecule has 21 heavy (non-hydrogen) atoms. The highest BCUT2D eigenvalue weighted by atomic mass is 19.4. The number of carbonyl (C=O) groups excluding carboxylic acids is 1. The molecule has 0 bridgehead atoms. The van der Waals surface area contributed by atoms with Gasteiger partial charge in [0.1, 0.15) is 5.69 Å². The quantitative estimate of drug-likeness (QED) is 0.946. The summed E-state index contributed by atoms with van der Waals surface area (Å²) < 4.78 is 38.5. The second-order valence-corrected chi connectivity index (χ2v) is 4.57. The van der Waals surface area contributed by atoms with Crippen LogP contribution >= 0.6 is 0 Å². The van der Waals surface area contributed by atoms with Crippen LogP contribution in [0.5, 0.6) is 0 Å². The standard InChI is InChI=1S/C13H13F3N4O/c1-8-3-4-9(7-17-8)5-12(21)18-11-6-10(13(14,15)16)20(2)19-11/h3-4,6-7H,5H2,1-2H3,(H,18,19,21). The number of nitrogens with zero attached hydrogens (tertiary/aromatic N) is 3. The van der Waals surface area contributed by atoms with E-state index in [1.165, 1.54) is 7.05 Å². The van der Waals surface area contributed by atoms with Gasteiger partial charge in [-0.1, -0.05) is 6.07 Å². The lowest BCUT2D eigenvalue weighted by atomic mass is 10.2. The Labute approximate surface area is 118 Å². The Balaban J connectivity index is 2.05. The SMILES string of the molecule is Cc1ccc(CC(=O)Nc2cc(C(F)(F)F)n(C)n2)cn1. The molecule has 0 saturated carbocycles. The molecule has 2 rings (SSSR count). The largest absolute Gasteiger partial charge is 0.433 e. The van der Waals surface area contributed by atoms with Gasteiger partial charge in [0.05, 0.1) is 6.42 Å². The van der Waals surface area contributed by atoms with E-state index >= 15 is 0 Å². The molecule has 0 spiro atoms. The van der Waals surface area contributed by atoms with Crippen LogP contribution in [-0.4, -0.2) is 20.7 Å². The molecule has 0 aliphatic heterocycles. The molecule has 2 heterocycles. The normalized spacial score (nSPS) is 11.5. The van der Waals surface area contributed by atoms with E-state index in [4.69, 9.17) is 0 Å². The summed E-state index contributed by atoms with van der Waals surface area (Å²) in [5.41, 5.74) is 0.568. The number of hydrogen-bond donors (Lipinski definition) is 1. The third-order valence-electron chi connectivity index (χ3n) is 2.78. The summed E-state index contributed by atoms with van der Waals surface area (Å²) >= 11 is 0. The van der Waals surface area contributed by atoms with Crippen molar-refractivity contribution in [3.05, 3.63) is 41.3 Å². The molecular formula is C13H13F3N4O. The van der Waals surface area contributed by atoms with E-state index in [1.807, 2.05) is 6.92 Å². The fraction of sp³-hybridized carbons (Fsp3) is 0.308. The van der Waals surface area contributed by atoms with Crippen molar-refractivity contribution in [1.82, 2.24) is 14.8 Å². The van der Waals surface area contributed by atoms with E-state index in [0.29, 0.717) is 10.2 Å². The maximum Gasteiger partial charge on any atom is 0.433 e. The fourth-order valence-electron chi connectivity index (χ4n) is 1.77. The minimum Gasteiger partial charge on any atom is -0.309 e. The van der Waals surface area contributed by atoms with Crippen LogP contribution in [0.15, 0.2) is 24.4 Å². The van der Waals surface area contributed by atoms with E-state index < -0.39 is 17.8 Å². The highest BCUT2D eigenvalue weighted by Gasteiger charge is 2.35. The molecule has 1 N–H and O–H groups in total. The van der Waals surface area contributed by atoms with Gasteiger partial charge in [0.25, 0.3) is 0 Å². The third kappa shape index (κ3) is 3.80. The number of pyridine rings is 1. The molecule has 2 aromatic rings. The van der Waals surface area contributed by atoms with Crippen LogP contribution < -0.4 is 5.32 Å². The van der Waals surface area contributed by atoms with Crippen LogP contribution in [0, 0.1) is 6.92 Å². The molecular weight excluding hydrogens is 285 g/mol. The van der Waals surface area contributed by atoms with Crippen LogP contribution in [0.25, 0.3) is 0 Å². The number of alkyl halides is 3. The van der Waals surface area contributed by atoms with Crippen molar-refractivity contribution in [3.63, 3.8) is 0 Å². The molecule has 0 radical (unpaired) electrons. The Morgan fingerprint density at radius 3 is 2.62 bits per heavy atom. The van der Waals surface area contributed by atoms with Crippen molar-refractivity contribution in [3.8, 4) is 0 Å². The molecule has 0 aliphatic rings. The van der Waals surface area contributed by atoms with Gasteiger partial charge in [-0.15, -0.1) is 0 Å². The lowest BCUT2D eigenvalue weighted by molar-refractivity contribution is -0.143. The molecule has 2 aromatic heterocycles. The van der Waals surface area contributed by atoms with E-state index in [1.54, 1.807) is 18.3 Å². The van der Waals surface area contributed by atoms with Crippen molar-refractivity contribution in [2.24, 2.45) is 7.05 Å². The summed E-state index contributed by atoms with van der Waals surface area (Å²) in [6.45, 7) is 1.82. The minimum absolute atomic E-state index is 0.0191. The average Bonchev–Trinajstić information content (AvgIpc) is 2.73. The zero-order valence-electron chi connectivity index (χ0n) is 11.4. The predicted octanol–water partition coefficient (Wildman–Crippen LogP) is 2.32. The summed E-state index contributed by atoms with van der Waals surface area (Å²) in [6.07, 6.45) is -2.94. The molecule has 0 saturated heterocycles. The molecule has 5 nitrogen and oxygen atoms in total. The number of amides is 1. The van der Waals surface area contributed by atoms with Gasteiger partial charge in [-0.2, -0.15) is 18.3 Å². The number of hydrogen-bond acceptors (Lipinski definition) is 3. The molecule has 1 amide bonds. The Hall–Kier alpha value is -2.38. The lowest BCUT2D eigenvalue weighted by Gasteiger charge is -2.04. The van der Waals surface area contributed by atoms with Crippen LogP contribution in [0.4, 0.5) is 19.0 Å². The van der Waals surface area contributed by atoms with Crippen molar-refractivity contribution < 1.29 is 18.0 Å². The molecule has 8 heteroatoms. The molecule has 0 aromatic carbocycles. The first-order valence-electron chi connectivity index (χ1n) is 6.08. The summed E-state index contributed by atoms with van der Waals surface area (Å²) in [4.78, 5) is 15.8. The molecule has 0 unspecified atom stereocenters. The van der Waals surface area contributed by atoms with Gasteiger partial charge in [-0.25, -0.2) is 0 Å². The summed E-state index contributed by atoms with van der Waals surface area (Å²) in [5, 5.41) is 5.96. The first kappa shape index (κ1) is 15.0. The smallest absolute Gasteiger partial charge is 0.309 e. The Kier molecular flexibility index (Phi) is 3.97. The lowest BCUT2D eigenvalue weighted by Crippen LogP contribution is -2.15. The summed E-state index contributed by atoms with van der Waals surface area (Å²) in [6, 6.07) is 4.29. The molecule has 0 fully saturated rings. The van der Waals surface area contributed by atoms with Gasteiger partial charge >= 0.3 is 6.18 Å². The topological polar surface area (TPSA) is 59.8 Å². The van der Waals surface area contributed by atoms with Gasteiger partial charge in [0.2, 0.25) is 5.91 Å². The van der Waals surface area contributed by atoms with Crippen LogP contribution in [0.1, 0.15) is 17.0 Å². The zero-order valence-corrected chi connectivity index (χ0v) is 11.4. The van der Waals surface area contributed by atoms with E-state index in [0.717, 1.165) is 11.8 Å². The average molecular weight is 298 g/mol. The first-order chi connectivity index (χ1) is 9.75. The maximum absolute atomic E-state index is 12.6. The Bertz CT molecular complexity index is 646. The summed E-state index contributed by atoms with van der Waals surface area (Å²) in [5.74, 6) is -0.581. The van der Waals surface area contributed by atoms with Gasteiger partial charge < -0.3 is 5.32 Å². The fourth-order valence-corrected chi connectivity index (χ4v) is 1.77. The highest BCUT2D eigenvalue weighted by Crippen LogP contribution is 2.30. The van der Waals surface area contributed by atoms with Crippen molar-refractivity contribution in [2.75, 3.05) is 5.32 Å². The molecule has 112 valence electrons. The van der Waals surface area contributed by atoms with Crippen molar-refractivity contribution in [2.45, 2.75) is 19.5 Å². The number of halogens is 3. The number of aryl methyl sites for hydroxylation is 2. The highest BCUT2D eigenvalue weighted by molar-refractivity contribution is 5.91. The number of aromatic nitrogens is 3. The van der Waals surface area contributed by atoms with Crippen LogP contribution in [-0.2, 0) is 24.4 Å². The maximum atomic E-state index is 12.6. The van der Waals surface area contributed by atoms with Crippen LogP contribution in [0.3, 0.4) is 0 Å². The van der Waals surface area contributed by atoms with E-state index in [9.17, 15) is 18.0 Å². The van der Waals surface area contributed by atoms with Crippen molar-refractivity contribution in [1.29, 1.82) is 0 Å². The number of nitrogens with one attached hydrogen (secondary N) is 1. The van der Waals surface area contributed by atoms with Gasteiger partial charge in [0.15, 0.2) is 5.82 Å². The van der Waals surface area contributed by atoms with Crippen molar-refractivity contribution >= 4 is 11.7 Å². The van der Waals surface area contributed by atoms with Gasteiger partial charge in [-0.05, 0) is 18.6 Å². The number of rotatable bonds is 3. The first-order valence-corrected chi connectivity index (χ1v) is 6.08. The zero-order chi connectivity index (χ0) is 15.6.